The molecule has 1 heterocycles. The molecule has 0 unspecified atom stereocenters. The Balaban J connectivity index is 1.70. The number of amides is 1. The summed E-state index contributed by atoms with van der Waals surface area (Å²) in [6, 6.07) is 7.75. The van der Waals surface area contributed by atoms with E-state index in [0.717, 1.165) is 31.2 Å². The number of likely N-dealkylation sites (tertiary alicyclic amines) is 1. The van der Waals surface area contributed by atoms with E-state index in [0.29, 0.717) is 19.3 Å². The minimum absolute atomic E-state index is 0.0167. The number of aryl methyl sites for hydroxylation is 1. The Morgan fingerprint density at radius 3 is 2.58 bits per heavy atom. The molecule has 0 radical (unpaired) electrons. The number of esters is 1. The van der Waals surface area contributed by atoms with Crippen molar-refractivity contribution in [3.8, 4) is 0 Å². The molecule has 0 aromatic heterocycles. The normalized spacial score (nSPS) is 24.8. The number of nitrogens with zero attached hydrogens (tertiary/aromatic N) is 1. The predicted octanol–water partition coefficient (Wildman–Crippen LogP) is 2.77. The van der Waals surface area contributed by atoms with Gasteiger partial charge in [-0.1, -0.05) is 43.2 Å². The van der Waals surface area contributed by atoms with Crippen molar-refractivity contribution in [1.82, 2.24) is 10.2 Å². The van der Waals surface area contributed by atoms with Crippen LogP contribution in [-0.2, 0) is 25.5 Å². The number of carboxylic acids is 1. The molecule has 7 heteroatoms. The molecule has 1 aromatic rings. The van der Waals surface area contributed by atoms with E-state index in [2.05, 4.69) is 5.32 Å². The molecule has 1 saturated carbocycles. The molecule has 1 saturated heterocycles. The third kappa shape index (κ3) is 5.64. The topological polar surface area (TPSA) is 95.9 Å². The Kier molecular flexibility index (Phi) is 8.07. The maximum Gasteiger partial charge on any atom is 0.326 e. The second-order valence-corrected chi connectivity index (χ2v) is 8.66. The van der Waals surface area contributed by atoms with Gasteiger partial charge in [-0.25, -0.2) is 4.79 Å². The molecular formula is C24H34N2O5. The summed E-state index contributed by atoms with van der Waals surface area (Å²) in [6.07, 6.45) is 5.62. The van der Waals surface area contributed by atoms with Gasteiger partial charge in [-0.05, 0) is 57.4 Å². The first-order chi connectivity index (χ1) is 14.9. The summed E-state index contributed by atoms with van der Waals surface area (Å²) < 4.78 is 5.22. The van der Waals surface area contributed by atoms with Crippen LogP contribution in [0.3, 0.4) is 0 Å². The maximum absolute atomic E-state index is 13.4. The van der Waals surface area contributed by atoms with Gasteiger partial charge in [0.1, 0.15) is 12.1 Å². The first kappa shape index (κ1) is 23.3. The van der Waals surface area contributed by atoms with E-state index in [-0.39, 0.29) is 30.4 Å². The Morgan fingerprint density at radius 2 is 1.90 bits per heavy atom. The van der Waals surface area contributed by atoms with E-state index < -0.39 is 24.1 Å². The minimum atomic E-state index is -0.944. The van der Waals surface area contributed by atoms with Crippen LogP contribution in [0.2, 0.25) is 0 Å². The third-order valence-corrected chi connectivity index (χ3v) is 6.58. The highest BCUT2D eigenvalue weighted by Gasteiger charge is 2.48. The van der Waals surface area contributed by atoms with E-state index in [9.17, 15) is 19.5 Å². The fourth-order valence-corrected chi connectivity index (χ4v) is 5.06. The summed E-state index contributed by atoms with van der Waals surface area (Å²) in [5, 5.41) is 12.9. The van der Waals surface area contributed by atoms with Crippen molar-refractivity contribution in [2.24, 2.45) is 5.92 Å². The zero-order valence-electron chi connectivity index (χ0n) is 18.5. The SMILES string of the molecule is CCOC(=O)[C@H](CCc1ccccc1)N[C@@H](C)C(=O)N1[C@@H]2CCCC[C@@H]2C[C@H]1C(=O)O. The molecule has 2 N–H and O–H groups in total. The standard InChI is InChI=1S/C24H34N2O5/c1-3-31-24(30)19(14-13-17-9-5-4-6-10-17)25-16(2)22(27)26-20-12-8-7-11-18(20)15-21(26)23(28)29/h4-6,9-10,16,18-21,25H,3,7-8,11-15H2,1-2H3,(H,28,29)/t16-,18+,19-,20+,21-/m0/s1. The van der Waals surface area contributed by atoms with Crippen molar-refractivity contribution in [3.05, 3.63) is 35.9 Å². The highest BCUT2D eigenvalue weighted by molar-refractivity contribution is 5.88. The molecule has 0 bridgehead atoms. The van der Waals surface area contributed by atoms with E-state index in [1.165, 1.54) is 0 Å². The highest BCUT2D eigenvalue weighted by atomic mass is 16.5. The van der Waals surface area contributed by atoms with Gasteiger partial charge in [0, 0.05) is 6.04 Å². The van der Waals surface area contributed by atoms with Crippen LogP contribution in [0.25, 0.3) is 0 Å². The van der Waals surface area contributed by atoms with Crippen molar-refractivity contribution < 1.29 is 24.2 Å². The Hall–Kier alpha value is -2.41. The van der Waals surface area contributed by atoms with Crippen molar-refractivity contribution >= 4 is 17.8 Å². The number of hydrogen-bond acceptors (Lipinski definition) is 5. The Labute approximate surface area is 184 Å². The van der Waals surface area contributed by atoms with Gasteiger partial charge in [0.15, 0.2) is 0 Å². The van der Waals surface area contributed by atoms with Crippen molar-refractivity contribution in [2.75, 3.05) is 6.61 Å². The molecule has 3 rings (SSSR count). The lowest BCUT2D eigenvalue weighted by atomic mass is 9.84. The molecule has 1 aliphatic carbocycles. The van der Waals surface area contributed by atoms with Crippen molar-refractivity contribution in [2.45, 2.75) is 83.0 Å². The second kappa shape index (κ2) is 10.8. The Bertz CT molecular complexity index is 768. The van der Waals surface area contributed by atoms with Gasteiger partial charge in [0.05, 0.1) is 12.6 Å². The quantitative estimate of drug-likeness (QED) is 0.585. The number of carbonyl (C=O) groups is 3. The summed E-state index contributed by atoms with van der Waals surface area (Å²) >= 11 is 0. The molecule has 31 heavy (non-hydrogen) atoms. The molecule has 7 nitrogen and oxygen atoms in total. The number of aliphatic carboxylic acids is 1. The lowest BCUT2D eigenvalue weighted by Crippen LogP contribution is -2.55. The zero-order chi connectivity index (χ0) is 22.4. The molecule has 0 spiro atoms. The van der Waals surface area contributed by atoms with E-state index in [4.69, 9.17) is 4.74 Å². The van der Waals surface area contributed by atoms with E-state index >= 15 is 0 Å². The monoisotopic (exact) mass is 430 g/mol. The smallest absolute Gasteiger partial charge is 0.326 e. The summed E-state index contributed by atoms with van der Waals surface area (Å²) in [5.41, 5.74) is 1.10. The van der Waals surface area contributed by atoms with Crippen LogP contribution < -0.4 is 5.32 Å². The van der Waals surface area contributed by atoms with Gasteiger partial charge in [-0.15, -0.1) is 0 Å². The summed E-state index contributed by atoms with van der Waals surface area (Å²) in [6.45, 7) is 3.74. The average Bonchev–Trinajstić information content (AvgIpc) is 3.16. The number of rotatable bonds is 9. The number of carboxylic acid groups (broad SMARTS) is 1. The van der Waals surface area contributed by atoms with Crippen LogP contribution >= 0.6 is 0 Å². The fraction of sp³-hybridized carbons (Fsp3) is 0.625. The first-order valence-corrected chi connectivity index (χ1v) is 11.4. The van der Waals surface area contributed by atoms with Crippen LogP contribution in [0.15, 0.2) is 30.3 Å². The minimum Gasteiger partial charge on any atom is -0.480 e. The van der Waals surface area contributed by atoms with Crippen molar-refractivity contribution in [3.63, 3.8) is 0 Å². The van der Waals surface area contributed by atoms with Crippen LogP contribution in [-0.4, -0.2) is 58.6 Å². The molecule has 2 fully saturated rings. The lowest BCUT2D eigenvalue weighted by molar-refractivity contribution is -0.152. The Morgan fingerprint density at radius 1 is 1.19 bits per heavy atom. The van der Waals surface area contributed by atoms with Gasteiger partial charge in [0.2, 0.25) is 5.91 Å². The number of carbonyl (C=O) groups excluding carboxylic acids is 2. The zero-order valence-corrected chi connectivity index (χ0v) is 18.5. The number of hydrogen-bond donors (Lipinski definition) is 2. The highest BCUT2D eigenvalue weighted by Crippen LogP contribution is 2.40. The summed E-state index contributed by atoms with van der Waals surface area (Å²) in [7, 11) is 0. The van der Waals surface area contributed by atoms with Gasteiger partial charge in [-0.2, -0.15) is 0 Å². The van der Waals surface area contributed by atoms with E-state index in [1.807, 2.05) is 30.3 Å². The molecular weight excluding hydrogens is 396 g/mol. The molecule has 2 aliphatic rings. The first-order valence-electron chi connectivity index (χ1n) is 11.4. The van der Waals surface area contributed by atoms with Crippen molar-refractivity contribution in [1.29, 1.82) is 0 Å². The number of benzene rings is 1. The van der Waals surface area contributed by atoms with Gasteiger partial charge in [0.25, 0.3) is 0 Å². The second-order valence-electron chi connectivity index (χ2n) is 8.66. The predicted molar refractivity (Wildman–Crippen MR) is 116 cm³/mol. The average molecular weight is 431 g/mol. The van der Waals surface area contributed by atoms with Crippen LogP contribution in [0.1, 0.15) is 57.9 Å². The van der Waals surface area contributed by atoms with Gasteiger partial charge >= 0.3 is 11.9 Å². The molecule has 1 aromatic carbocycles. The van der Waals surface area contributed by atoms with Gasteiger partial charge < -0.3 is 14.7 Å². The van der Waals surface area contributed by atoms with E-state index in [1.54, 1.807) is 18.7 Å². The molecule has 1 aliphatic heterocycles. The number of fused-ring (bicyclic) bond motifs is 1. The largest absolute Gasteiger partial charge is 0.480 e. The number of nitrogens with one attached hydrogen (secondary N) is 1. The lowest BCUT2D eigenvalue weighted by Gasteiger charge is -2.35. The summed E-state index contributed by atoms with van der Waals surface area (Å²) in [4.78, 5) is 39.3. The maximum atomic E-state index is 13.4. The molecule has 170 valence electrons. The molecule has 5 atom stereocenters. The van der Waals surface area contributed by atoms with Gasteiger partial charge in [-0.3, -0.25) is 14.9 Å². The molecule has 1 amide bonds. The van der Waals surface area contributed by atoms with Crippen LogP contribution in [0.4, 0.5) is 0 Å². The number of ether oxygens (including phenoxy) is 1. The fourth-order valence-electron chi connectivity index (χ4n) is 5.06. The third-order valence-electron chi connectivity index (χ3n) is 6.58. The summed E-state index contributed by atoms with van der Waals surface area (Å²) in [5.74, 6) is -1.31. The van der Waals surface area contributed by atoms with Crippen LogP contribution in [0.5, 0.6) is 0 Å². The van der Waals surface area contributed by atoms with Crippen LogP contribution in [0, 0.1) is 5.92 Å².